The number of rotatable bonds is 29. The van der Waals surface area contributed by atoms with Gasteiger partial charge in [-0.15, -0.1) is 6.58 Å². The molecule has 0 aliphatic carbocycles. The van der Waals surface area contributed by atoms with Crippen molar-refractivity contribution in [1.82, 2.24) is 0 Å². The van der Waals surface area contributed by atoms with E-state index in [9.17, 15) is 24.0 Å². The molecular weight excluding hydrogens is 741 g/mol. The summed E-state index contributed by atoms with van der Waals surface area (Å²) in [5.74, 6) is 1.05. The van der Waals surface area contributed by atoms with E-state index in [-0.39, 0.29) is 0 Å². The second-order valence-electron chi connectivity index (χ2n) is 16.2. The SMILES string of the molecule is C/C=C\CCC(C)CCC=O.C=C(CCC=O)CCC=C(C)C.C=CC(CC=O)CCC=C(C)C.CC(C)=CC/C=C(\C)CCC=O.CC/C(=C/CC=C(C)C)CCC=O. The van der Waals surface area contributed by atoms with Gasteiger partial charge in [-0.05, 0) is 165 Å². The highest BCUT2D eigenvalue weighted by Crippen LogP contribution is 2.14. The molecule has 0 heterocycles. The second-order valence-corrected chi connectivity index (χ2v) is 16.2. The smallest absolute Gasteiger partial charge is 0.120 e. The molecule has 2 unspecified atom stereocenters. The van der Waals surface area contributed by atoms with E-state index in [0.29, 0.717) is 37.5 Å². The summed E-state index contributed by atoms with van der Waals surface area (Å²) >= 11 is 0. The Kier molecular flexibility index (Phi) is 57.6. The zero-order chi connectivity index (χ0) is 46.8. The van der Waals surface area contributed by atoms with Crippen LogP contribution < -0.4 is 0 Å². The number of hydrogen-bond acceptors (Lipinski definition) is 5. The molecule has 0 aliphatic heterocycles. The van der Waals surface area contributed by atoms with Crippen molar-refractivity contribution in [1.29, 1.82) is 0 Å². The molecule has 0 aromatic carbocycles. The molecule has 0 radical (unpaired) electrons. The van der Waals surface area contributed by atoms with E-state index >= 15 is 0 Å². The summed E-state index contributed by atoms with van der Waals surface area (Å²) in [6.07, 6.45) is 40.7. The van der Waals surface area contributed by atoms with Gasteiger partial charge in [-0.2, -0.15) is 0 Å². The van der Waals surface area contributed by atoms with E-state index in [4.69, 9.17) is 0 Å². The maximum Gasteiger partial charge on any atom is 0.120 e. The molecule has 0 aromatic rings. The molecule has 2 atom stereocenters. The summed E-state index contributed by atoms with van der Waals surface area (Å²) in [6, 6.07) is 0. The maximum absolute atomic E-state index is 10.2. The highest BCUT2D eigenvalue weighted by Gasteiger charge is 2.01. The second kappa shape index (κ2) is 53.0. The Bertz CT molecular complexity index is 1300. The van der Waals surface area contributed by atoms with Gasteiger partial charge >= 0.3 is 0 Å². The van der Waals surface area contributed by atoms with Crippen molar-refractivity contribution in [3.8, 4) is 0 Å². The van der Waals surface area contributed by atoms with Crippen molar-refractivity contribution in [2.24, 2.45) is 11.8 Å². The van der Waals surface area contributed by atoms with Crippen LogP contribution in [0.1, 0.15) is 199 Å². The zero-order valence-corrected chi connectivity index (χ0v) is 40.9. The van der Waals surface area contributed by atoms with E-state index in [1.54, 1.807) is 0 Å². The highest BCUT2D eigenvalue weighted by atomic mass is 16.1. The number of hydrogen-bond donors (Lipinski definition) is 0. The standard InChI is InChI=1S/C12H20O.3C11H18O.C10H18O/c1-4-12(9-6-10-13)8-5-7-11(2)3;2*1-10(2)6-4-7-11(3)8-5-9-12;1-4-11(8-9-12)7-5-6-10(2)3;1-3-4-5-7-10(2)8-6-9-11/h7-8,10H,4-6,9H2,1-3H3;6-7,9H,4-5,8H2,1-3H3;6,9H,3-5,7-8H2,1-2H3;4,6,9,11H,1,5,7-8H2,2-3H3;3-4,9-10H,5-8H2,1-2H3/b12-8-;11-7+;;;4-3-. The Balaban J connectivity index is -0.000000210. The van der Waals surface area contributed by atoms with Crippen molar-refractivity contribution in [3.05, 3.63) is 107 Å². The molecule has 0 N–H and O–H groups in total. The molecule has 0 bridgehead atoms. The zero-order valence-electron chi connectivity index (χ0n) is 40.9. The third-order valence-corrected chi connectivity index (χ3v) is 8.95. The average Bonchev–Trinajstić information content (AvgIpc) is 3.20. The monoisotopic (exact) mass is 833 g/mol. The van der Waals surface area contributed by atoms with Crippen LogP contribution in [0.3, 0.4) is 0 Å². The fraction of sp³-hybridized carbons (Fsp3) is 0.582. The van der Waals surface area contributed by atoms with E-state index in [1.807, 2.05) is 13.0 Å². The molecule has 0 saturated heterocycles. The highest BCUT2D eigenvalue weighted by molar-refractivity contribution is 5.51. The fourth-order valence-electron chi connectivity index (χ4n) is 5.05. The van der Waals surface area contributed by atoms with Crippen LogP contribution in [-0.2, 0) is 24.0 Å². The minimum Gasteiger partial charge on any atom is -0.303 e. The summed E-state index contributed by atoms with van der Waals surface area (Å²) in [4.78, 5) is 50.5. The van der Waals surface area contributed by atoms with Gasteiger partial charge in [-0.3, -0.25) is 0 Å². The Hall–Kier alpha value is -3.99. The van der Waals surface area contributed by atoms with Crippen LogP contribution >= 0.6 is 0 Å². The van der Waals surface area contributed by atoms with Crippen LogP contribution in [0.5, 0.6) is 0 Å². The van der Waals surface area contributed by atoms with Crippen molar-refractivity contribution in [2.45, 2.75) is 199 Å². The number of aldehydes is 5. The molecule has 0 rings (SSSR count). The van der Waals surface area contributed by atoms with E-state index in [0.717, 1.165) is 115 Å². The molecule has 60 heavy (non-hydrogen) atoms. The predicted octanol–water partition coefficient (Wildman–Crippen LogP) is 16.3. The lowest BCUT2D eigenvalue weighted by Gasteiger charge is -2.05. The Morgan fingerprint density at radius 3 is 1.45 bits per heavy atom. The molecule has 0 aliphatic rings. The molecular formula is C55H92O5. The van der Waals surface area contributed by atoms with Crippen LogP contribution in [0.25, 0.3) is 0 Å². The lowest BCUT2D eigenvalue weighted by molar-refractivity contribution is -0.109. The molecule has 0 spiro atoms. The van der Waals surface area contributed by atoms with Crippen LogP contribution in [-0.4, -0.2) is 31.4 Å². The lowest BCUT2D eigenvalue weighted by Crippen LogP contribution is -1.95. The molecule has 0 saturated carbocycles. The third kappa shape index (κ3) is 65.8. The number of allylic oxidation sites excluding steroid dienone is 16. The minimum atomic E-state index is 0.359. The van der Waals surface area contributed by atoms with Crippen molar-refractivity contribution < 1.29 is 24.0 Å². The van der Waals surface area contributed by atoms with Gasteiger partial charge in [0.1, 0.15) is 31.4 Å². The van der Waals surface area contributed by atoms with E-state index in [1.165, 1.54) is 45.4 Å². The van der Waals surface area contributed by atoms with Gasteiger partial charge in [-0.1, -0.05) is 114 Å². The quantitative estimate of drug-likeness (QED) is 0.0553. The van der Waals surface area contributed by atoms with Gasteiger partial charge in [-0.25, -0.2) is 0 Å². The van der Waals surface area contributed by atoms with Gasteiger partial charge in [0.2, 0.25) is 0 Å². The van der Waals surface area contributed by atoms with Crippen molar-refractivity contribution in [3.63, 3.8) is 0 Å². The average molecular weight is 833 g/mol. The van der Waals surface area contributed by atoms with Gasteiger partial charge in [0.05, 0.1) is 0 Å². The Morgan fingerprint density at radius 2 is 0.983 bits per heavy atom. The number of carbonyl (C=O) groups is 5. The fourth-order valence-corrected chi connectivity index (χ4v) is 5.05. The lowest BCUT2D eigenvalue weighted by atomic mass is 10.00. The molecule has 5 nitrogen and oxygen atoms in total. The summed E-state index contributed by atoms with van der Waals surface area (Å²) < 4.78 is 0. The minimum absolute atomic E-state index is 0.359. The topological polar surface area (TPSA) is 85.3 Å². The first-order valence-electron chi connectivity index (χ1n) is 22.5. The number of carbonyl (C=O) groups excluding carboxylic acids is 5. The summed E-state index contributed by atoms with van der Waals surface area (Å²) in [5, 5.41) is 0. The molecule has 0 fully saturated rings. The van der Waals surface area contributed by atoms with Crippen molar-refractivity contribution >= 4 is 31.4 Å². The van der Waals surface area contributed by atoms with Crippen molar-refractivity contribution in [2.75, 3.05) is 0 Å². The van der Waals surface area contributed by atoms with Gasteiger partial charge in [0.15, 0.2) is 0 Å². The Labute approximate surface area is 371 Å². The molecule has 342 valence electrons. The first-order valence-corrected chi connectivity index (χ1v) is 22.5. The largest absolute Gasteiger partial charge is 0.303 e. The van der Waals surface area contributed by atoms with Gasteiger partial charge < -0.3 is 24.0 Å². The third-order valence-electron chi connectivity index (χ3n) is 8.95. The first kappa shape index (κ1) is 65.1. The van der Waals surface area contributed by atoms with Gasteiger partial charge in [0.25, 0.3) is 0 Å². The van der Waals surface area contributed by atoms with E-state index in [2.05, 4.69) is 138 Å². The maximum atomic E-state index is 10.2. The first-order chi connectivity index (χ1) is 28.5. The summed E-state index contributed by atoms with van der Waals surface area (Å²) in [5.41, 5.74) is 9.25. The van der Waals surface area contributed by atoms with Crippen LogP contribution in [0.15, 0.2) is 107 Å². The van der Waals surface area contributed by atoms with Crippen LogP contribution in [0, 0.1) is 11.8 Å². The predicted molar refractivity (Wildman–Crippen MR) is 265 cm³/mol. The molecule has 5 heteroatoms. The normalized spacial score (nSPS) is 11.3. The van der Waals surface area contributed by atoms with Crippen LogP contribution in [0.4, 0.5) is 0 Å². The molecule has 0 amide bonds. The molecule has 0 aromatic heterocycles. The van der Waals surface area contributed by atoms with Gasteiger partial charge in [0, 0.05) is 32.1 Å². The summed E-state index contributed by atoms with van der Waals surface area (Å²) in [7, 11) is 0. The van der Waals surface area contributed by atoms with E-state index < -0.39 is 0 Å². The van der Waals surface area contributed by atoms with Crippen LogP contribution in [0.2, 0.25) is 0 Å². The Morgan fingerprint density at radius 1 is 0.517 bits per heavy atom. The summed E-state index contributed by atoms with van der Waals surface area (Å²) in [6.45, 7) is 32.8.